The Kier molecular flexibility index (Phi) is 4.44. The van der Waals surface area contributed by atoms with Gasteiger partial charge >= 0.3 is 0 Å². The largest absolute Gasteiger partial charge is 0.378 e. The summed E-state index contributed by atoms with van der Waals surface area (Å²) >= 11 is 18.2. The highest BCUT2D eigenvalue weighted by atomic mass is 35.5. The monoisotopic (exact) mass is 319 g/mol. The van der Waals surface area contributed by atoms with E-state index in [0.29, 0.717) is 21.5 Å². The zero-order chi connectivity index (χ0) is 14.2. The van der Waals surface area contributed by atoms with Gasteiger partial charge in [-0.15, -0.1) is 0 Å². The highest BCUT2D eigenvalue weighted by Gasteiger charge is 2.24. The molecule has 0 N–H and O–H groups in total. The summed E-state index contributed by atoms with van der Waals surface area (Å²) in [5.74, 6) is -0.437. The quantitative estimate of drug-likeness (QED) is 0.724. The summed E-state index contributed by atoms with van der Waals surface area (Å²) in [6, 6.07) is 4.87. The third kappa shape index (κ3) is 3.07. The van der Waals surface area contributed by atoms with Crippen molar-refractivity contribution in [2.24, 2.45) is 0 Å². The van der Waals surface area contributed by atoms with Crippen molar-refractivity contribution in [3.63, 3.8) is 0 Å². The van der Waals surface area contributed by atoms with Gasteiger partial charge in [-0.25, -0.2) is 4.39 Å². The van der Waals surface area contributed by atoms with Gasteiger partial charge in [-0.1, -0.05) is 40.9 Å². The van der Waals surface area contributed by atoms with Gasteiger partial charge in [0.1, 0.15) is 5.82 Å². The summed E-state index contributed by atoms with van der Waals surface area (Å²) in [4.78, 5) is 1.84. The molecule has 1 aliphatic carbocycles. The van der Waals surface area contributed by atoms with Gasteiger partial charge in [0.05, 0.1) is 10.1 Å². The number of anilines is 1. The van der Waals surface area contributed by atoms with Crippen LogP contribution in [0.1, 0.15) is 17.9 Å². The Morgan fingerprint density at radius 1 is 1.16 bits per heavy atom. The summed E-state index contributed by atoms with van der Waals surface area (Å²) in [6.45, 7) is 0. The first-order chi connectivity index (χ1) is 8.90. The van der Waals surface area contributed by atoms with Crippen molar-refractivity contribution in [1.82, 2.24) is 0 Å². The van der Waals surface area contributed by atoms with E-state index in [4.69, 9.17) is 34.8 Å². The van der Waals surface area contributed by atoms with Crippen molar-refractivity contribution >= 4 is 40.5 Å². The van der Waals surface area contributed by atoms with E-state index in [-0.39, 0.29) is 11.7 Å². The molecule has 5 heteroatoms. The molecular formula is C14H13Cl3FN. The zero-order valence-corrected chi connectivity index (χ0v) is 12.8. The van der Waals surface area contributed by atoms with Crippen LogP contribution >= 0.6 is 34.8 Å². The lowest BCUT2D eigenvalue weighted by molar-refractivity contribution is 0.623. The molecule has 102 valence electrons. The van der Waals surface area contributed by atoms with Crippen LogP contribution in [0.4, 0.5) is 10.1 Å². The summed E-state index contributed by atoms with van der Waals surface area (Å²) < 4.78 is 13.7. The molecule has 0 heterocycles. The fourth-order valence-electron chi connectivity index (χ4n) is 2.02. The second kappa shape index (κ2) is 5.74. The summed E-state index contributed by atoms with van der Waals surface area (Å²) in [5, 5.41) is 1.26. The van der Waals surface area contributed by atoms with E-state index in [1.165, 1.54) is 12.1 Å². The van der Waals surface area contributed by atoms with Crippen molar-refractivity contribution in [1.29, 1.82) is 0 Å². The summed E-state index contributed by atoms with van der Waals surface area (Å²) in [7, 11) is 3.72. The van der Waals surface area contributed by atoms with E-state index < -0.39 is 0 Å². The Morgan fingerprint density at radius 3 is 2.47 bits per heavy atom. The topological polar surface area (TPSA) is 3.24 Å². The second-order valence-electron chi connectivity index (χ2n) is 4.64. The molecule has 0 aromatic heterocycles. The number of nitrogens with zero attached hydrogens (tertiary/aromatic N) is 1. The average molecular weight is 321 g/mol. The van der Waals surface area contributed by atoms with Crippen molar-refractivity contribution < 1.29 is 4.39 Å². The minimum absolute atomic E-state index is 0.147. The Hall–Kier alpha value is -0.700. The summed E-state index contributed by atoms with van der Waals surface area (Å²) in [5.41, 5.74) is 1.59. The molecule has 0 spiro atoms. The van der Waals surface area contributed by atoms with Crippen LogP contribution in [0.15, 0.2) is 39.4 Å². The van der Waals surface area contributed by atoms with Crippen LogP contribution in [0.25, 0.3) is 0 Å². The van der Waals surface area contributed by atoms with E-state index in [1.807, 2.05) is 25.1 Å². The highest BCUT2D eigenvalue weighted by molar-refractivity contribution is 6.48. The number of hydrogen-bond donors (Lipinski definition) is 0. The number of hydrogen-bond acceptors (Lipinski definition) is 1. The Labute approximate surface area is 127 Å². The van der Waals surface area contributed by atoms with E-state index in [9.17, 15) is 4.39 Å². The first-order valence-corrected chi connectivity index (χ1v) is 6.92. The average Bonchev–Trinajstić information content (AvgIpc) is 2.35. The Bertz CT molecular complexity index is 564. The molecule has 0 amide bonds. The van der Waals surface area contributed by atoms with Crippen LogP contribution in [0.2, 0.25) is 0 Å². The fraction of sp³-hybridized carbons (Fsp3) is 0.286. The number of allylic oxidation sites excluding steroid dienone is 4. The van der Waals surface area contributed by atoms with Crippen LogP contribution in [0.3, 0.4) is 0 Å². The molecule has 0 radical (unpaired) electrons. The lowest BCUT2D eigenvalue weighted by Gasteiger charge is -2.22. The van der Waals surface area contributed by atoms with E-state index in [1.54, 1.807) is 6.08 Å². The van der Waals surface area contributed by atoms with Gasteiger partial charge in [0.2, 0.25) is 0 Å². The van der Waals surface area contributed by atoms with Crippen molar-refractivity contribution in [2.45, 2.75) is 12.3 Å². The van der Waals surface area contributed by atoms with Crippen LogP contribution in [-0.2, 0) is 0 Å². The maximum Gasteiger partial charge on any atom is 0.125 e. The third-order valence-corrected chi connectivity index (χ3v) is 4.48. The highest BCUT2D eigenvalue weighted by Crippen LogP contribution is 2.42. The molecule has 0 aliphatic heterocycles. The third-order valence-electron chi connectivity index (χ3n) is 3.08. The van der Waals surface area contributed by atoms with E-state index in [2.05, 4.69) is 0 Å². The predicted molar refractivity (Wildman–Crippen MR) is 80.8 cm³/mol. The molecule has 2 rings (SSSR count). The molecule has 1 atom stereocenters. The van der Waals surface area contributed by atoms with Crippen molar-refractivity contribution in [3.8, 4) is 0 Å². The van der Waals surface area contributed by atoms with Gasteiger partial charge in [0.25, 0.3) is 0 Å². The van der Waals surface area contributed by atoms with Gasteiger partial charge in [-0.2, -0.15) is 0 Å². The lowest BCUT2D eigenvalue weighted by atomic mass is 9.91. The number of benzene rings is 1. The molecule has 19 heavy (non-hydrogen) atoms. The van der Waals surface area contributed by atoms with E-state index in [0.717, 1.165) is 11.3 Å². The molecule has 1 aromatic rings. The minimum Gasteiger partial charge on any atom is -0.378 e. The van der Waals surface area contributed by atoms with Gasteiger partial charge < -0.3 is 4.90 Å². The second-order valence-corrected chi connectivity index (χ2v) is 5.83. The standard InChI is InChI=1S/C14H13Cl3FN/c1-19(2)10-6-8(5-9(18)7-10)11-3-4-12(15)14(17)13(11)16/h4-7,11H,3H2,1-2H3. The van der Waals surface area contributed by atoms with Gasteiger partial charge in [0, 0.05) is 30.7 Å². The molecule has 0 bridgehead atoms. The van der Waals surface area contributed by atoms with Crippen LogP contribution in [0, 0.1) is 5.82 Å². The molecular weight excluding hydrogens is 308 g/mol. The fourth-order valence-corrected chi connectivity index (χ4v) is 2.78. The lowest BCUT2D eigenvalue weighted by Crippen LogP contribution is -2.11. The van der Waals surface area contributed by atoms with Crippen LogP contribution < -0.4 is 4.90 Å². The smallest absolute Gasteiger partial charge is 0.125 e. The maximum absolute atomic E-state index is 13.7. The number of halogens is 4. The molecule has 1 unspecified atom stereocenters. The normalized spacial score (nSPS) is 19.5. The predicted octanol–water partition coefficient (Wildman–Crippen LogP) is 5.19. The van der Waals surface area contributed by atoms with Gasteiger partial charge in [-0.05, 0) is 30.2 Å². The van der Waals surface area contributed by atoms with Crippen molar-refractivity contribution in [2.75, 3.05) is 19.0 Å². The summed E-state index contributed by atoms with van der Waals surface area (Å²) in [6.07, 6.45) is 2.42. The van der Waals surface area contributed by atoms with Crippen LogP contribution in [0.5, 0.6) is 0 Å². The van der Waals surface area contributed by atoms with Gasteiger partial charge in [0.15, 0.2) is 0 Å². The first-order valence-electron chi connectivity index (χ1n) is 5.79. The molecule has 0 saturated carbocycles. The molecule has 0 saturated heterocycles. The maximum atomic E-state index is 13.7. The van der Waals surface area contributed by atoms with Gasteiger partial charge in [-0.3, -0.25) is 0 Å². The first kappa shape index (κ1) is 14.7. The molecule has 1 aromatic carbocycles. The minimum atomic E-state index is -0.289. The van der Waals surface area contributed by atoms with Crippen LogP contribution in [-0.4, -0.2) is 14.1 Å². The SMILES string of the molecule is CN(C)c1cc(F)cc(C2CC=C(Cl)C(Cl)=C2Cl)c1. The molecule has 1 aliphatic rings. The van der Waals surface area contributed by atoms with Crippen molar-refractivity contribution in [3.05, 3.63) is 50.8 Å². The zero-order valence-electron chi connectivity index (χ0n) is 10.6. The number of rotatable bonds is 2. The molecule has 1 nitrogen and oxygen atoms in total. The Morgan fingerprint density at radius 2 is 1.84 bits per heavy atom. The molecule has 0 fully saturated rings. The van der Waals surface area contributed by atoms with E-state index >= 15 is 0 Å². The Balaban J connectivity index is 2.44.